The molecule has 2 aromatic rings. The molecule has 0 N–H and O–H groups in total. The fourth-order valence-corrected chi connectivity index (χ4v) is 2.81. The molecule has 0 aliphatic heterocycles. The Morgan fingerprint density at radius 3 is 2.29 bits per heavy atom. The Bertz CT molecular complexity index is 606. The van der Waals surface area contributed by atoms with Crippen molar-refractivity contribution in [3.8, 4) is 0 Å². The van der Waals surface area contributed by atoms with Crippen molar-refractivity contribution in [2.45, 2.75) is 4.90 Å². The predicted molar refractivity (Wildman–Crippen MR) is 68.5 cm³/mol. The minimum absolute atomic E-state index is 0.278. The number of sulfone groups is 1. The van der Waals surface area contributed by atoms with Gasteiger partial charge in [0.05, 0.1) is 4.90 Å². The molecule has 0 unspecified atom stereocenters. The van der Waals surface area contributed by atoms with Crippen LogP contribution >= 0.6 is 11.6 Å². The molecule has 0 fully saturated rings. The second kappa shape index (κ2) is 4.82. The van der Waals surface area contributed by atoms with Gasteiger partial charge in [-0.3, -0.25) is 0 Å². The third kappa shape index (κ3) is 3.02. The highest BCUT2D eigenvalue weighted by molar-refractivity contribution is 7.93. The summed E-state index contributed by atoms with van der Waals surface area (Å²) in [6.45, 7) is 0. The van der Waals surface area contributed by atoms with Crippen molar-refractivity contribution in [2.24, 2.45) is 0 Å². The van der Waals surface area contributed by atoms with E-state index in [1.165, 1.54) is 5.75 Å². The molecule has 88 valence electrons. The molecule has 0 aromatic heterocycles. The minimum Gasteiger partial charge on any atom is -0.232 e. The summed E-state index contributed by atoms with van der Waals surface area (Å²) in [6, 6.07) is 15.0. The Hall–Kier alpha value is -1.45. The molecule has 17 heavy (non-hydrogen) atoms. The molecule has 0 atom stereocenters. The number of benzene rings is 2. The maximum Gasteiger partial charge on any atom is 0.154 e. The monoisotopic (exact) mass is 265 g/mol. The zero-order valence-electron chi connectivity index (χ0n) is 8.88. The Balaban J connectivity index is 2.30. The first-order valence-corrected chi connectivity index (χ1v) is 6.91. The average molecular weight is 266 g/mol. The molecule has 0 heterocycles. The van der Waals surface area contributed by atoms with Crippen LogP contribution in [0.5, 0.6) is 0 Å². The van der Waals surface area contributed by atoms with E-state index in [2.05, 4.69) is 0 Å². The van der Waals surface area contributed by atoms with Gasteiger partial charge in [0.1, 0.15) is 0 Å². The average Bonchev–Trinajstić information content (AvgIpc) is 2.29. The molecule has 2 nitrogen and oxygen atoms in total. The number of hydrogen-bond donors (Lipinski definition) is 0. The summed E-state index contributed by atoms with van der Waals surface area (Å²) in [4.78, 5) is 0.278. The largest absolute Gasteiger partial charge is 0.232 e. The maximum atomic E-state index is 12.0. The summed E-state index contributed by atoms with van der Waals surface area (Å²) in [7, 11) is -3.41. The van der Waals surface area contributed by atoms with Crippen LogP contribution in [-0.4, -0.2) is 8.42 Å². The molecule has 4 heteroatoms. The van der Waals surface area contributed by atoms with Crippen LogP contribution in [-0.2, 0) is 9.84 Å². The molecule has 0 saturated carbocycles. The number of rotatable bonds is 3. The van der Waals surface area contributed by atoms with Crippen LogP contribution in [0.15, 0.2) is 59.5 Å². The quantitative estimate of drug-likeness (QED) is 0.798. The topological polar surface area (TPSA) is 34.1 Å². The number of halogens is 1. The van der Waals surface area contributed by atoms with Crippen molar-refractivity contribution < 1.29 is 8.42 Å². The Kier molecular flexibility index (Phi) is 3.41. The molecule has 2 aromatic carbocycles. The molecule has 2 rings (SSSR count). The first kappa shape index (κ1) is 12.0. The van der Waals surface area contributed by atoms with Gasteiger partial charge in [0.2, 0.25) is 0 Å². The lowest BCUT2D eigenvalue weighted by Gasteiger charge is -2.11. The smallest absolute Gasteiger partial charge is 0.154 e. The summed E-state index contributed by atoms with van der Waals surface area (Å²) >= 11 is 5.80. The van der Waals surface area contributed by atoms with E-state index in [0.29, 0.717) is 10.6 Å². The SMILES string of the molecule is O=S(=O)([CH-]c1cccc(Cl)c1)c1ccccc1. The third-order valence-corrected chi connectivity index (χ3v) is 3.96. The van der Waals surface area contributed by atoms with Crippen LogP contribution in [0, 0.1) is 5.75 Å². The lowest BCUT2D eigenvalue weighted by atomic mass is 10.2. The first-order valence-electron chi connectivity index (χ1n) is 4.98. The van der Waals surface area contributed by atoms with Crippen LogP contribution in [0.1, 0.15) is 5.56 Å². The summed E-state index contributed by atoms with van der Waals surface area (Å²) in [5, 5.41) is 0.516. The van der Waals surface area contributed by atoms with E-state index in [1.54, 1.807) is 54.6 Å². The van der Waals surface area contributed by atoms with Crippen molar-refractivity contribution in [3.05, 3.63) is 70.9 Å². The van der Waals surface area contributed by atoms with Gasteiger partial charge in [0.15, 0.2) is 9.84 Å². The van der Waals surface area contributed by atoms with Gasteiger partial charge in [-0.05, 0) is 17.2 Å². The zero-order valence-corrected chi connectivity index (χ0v) is 10.4. The standard InChI is InChI=1S/C13H10ClO2S/c14-12-6-4-5-11(9-12)10-17(15,16)13-7-2-1-3-8-13/h1-10H/q-1. The fraction of sp³-hybridized carbons (Fsp3) is 0. The highest BCUT2D eigenvalue weighted by atomic mass is 35.5. The summed E-state index contributed by atoms with van der Waals surface area (Å²) < 4.78 is 24.0. The molecule has 0 bridgehead atoms. The molecule has 0 amide bonds. The Morgan fingerprint density at radius 1 is 0.941 bits per heavy atom. The minimum atomic E-state index is -3.41. The van der Waals surface area contributed by atoms with Gasteiger partial charge in [0.25, 0.3) is 0 Å². The predicted octanol–water partition coefficient (Wildman–Crippen LogP) is 3.32. The molecule has 0 radical (unpaired) electrons. The van der Waals surface area contributed by atoms with Crippen molar-refractivity contribution in [1.82, 2.24) is 0 Å². The van der Waals surface area contributed by atoms with E-state index in [1.807, 2.05) is 0 Å². The van der Waals surface area contributed by atoms with Gasteiger partial charge in [-0.15, -0.1) is 12.1 Å². The van der Waals surface area contributed by atoms with Gasteiger partial charge in [0, 0.05) is 0 Å². The molecule has 0 saturated heterocycles. The zero-order chi connectivity index (χ0) is 12.3. The van der Waals surface area contributed by atoms with Gasteiger partial charge in [-0.2, -0.15) is 11.6 Å². The summed E-state index contributed by atoms with van der Waals surface area (Å²) in [6.07, 6.45) is 0. The lowest BCUT2D eigenvalue weighted by Crippen LogP contribution is -2.02. The van der Waals surface area contributed by atoms with Crippen molar-refractivity contribution >= 4 is 21.4 Å². The molecule has 0 aliphatic rings. The van der Waals surface area contributed by atoms with Crippen LogP contribution in [0.3, 0.4) is 0 Å². The van der Waals surface area contributed by atoms with Gasteiger partial charge < -0.3 is 0 Å². The van der Waals surface area contributed by atoms with Crippen molar-refractivity contribution in [2.75, 3.05) is 0 Å². The highest BCUT2D eigenvalue weighted by Crippen LogP contribution is 2.20. The molecular weight excluding hydrogens is 256 g/mol. The van der Waals surface area contributed by atoms with Crippen LogP contribution in [0.4, 0.5) is 0 Å². The third-order valence-electron chi connectivity index (χ3n) is 2.21. The first-order chi connectivity index (χ1) is 8.08. The van der Waals surface area contributed by atoms with Crippen LogP contribution < -0.4 is 0 Å². The van der Waals surface area contributed by atoms with Crippen molar-refractivity contribution in [1.29, 1.82) is 0 Å². The second-order valence-corrected chi connectivity index (χ2v) is 5.76. The van der Waals surface area contributed by atoms with E-state index < -0.39 is 9.84 Å². The normalized spacial score (nSPS) is 11.1. The molecule has 0 spiro atoms. The van der Waals surface area contributed by atoms with E-state index >= 15 is 0 Å². The maximum absolute atomic E-state index is 12.0. The van der Waals surface area contributed by atoms with Gasteiger partial charge >= 0.3 is 0 Å². The van der Waals surface area contributed by atoms with E-state index in [0.717, 1.165) is 0 Å². The summed E-state index contributed by atoms with van der Waals surface area (Å²) in [5.41, 5.74) is 0.571. The Morgan fingerprint density at radius 2 is 1.65 bits per heavy atom. The fourth-order valence-electron chi connectivity index (χ4n) is 1.44. The van der Waals surface area contributed by atoms with E-state index in [-0.39, 0.29) is 4.90 Å². The van der Waals surface area contributed by atoms with Crippen LogP contribution in [0.25, 0.3) is 0 Å². The lowest BCUT2D eigenvalue weighted by molar-refractivity contribution is 0.602. The molecular formula is C13H10ClO2S-. The number of hydrogen-bond acceptors (Lipinski definition) is 2. The van der Waals surface area contributed by atoms with E-state index in [4.69, 9.17) is 11.6 Å². The molecule has 0 aliphatic carbocycles. The van der Waals surface area contributed by atoms with E-state index in [9.17, 15) is 8.42 Å². The summed E-state index contributed by atoms with van der Waals surface area (Å²) in [5.74, 6) is 1.22. The van der Waals surface area contributed by atoms with Gasteiger partial charge in [-0.1, -0.05) is 41.6 Å². The van der Waals surface area contributed by atoms with Crippen molar-refractivity contribution in [3.63, 3.8) is 0 Å². The highest BCUT2D eigenvalue weighted by Gasteiger charge is 2.09. The Labute approximate surface area is 106 Å². The van der Waals surface area contributed by atoms with Crippen LogP contribution in [0.2, 0.25) is 5.02 Å². The second-order valence-electron chi connectivity index (χ2n) is 3.53. The van der Waals surface area contributed by atoms with Gasteiger partial charge in [-0.25, -0.2) is 8.42 Å².